The van der Waals surface area contributed by atoms with Crippen LogP contribution in [-0.4, -0.2) is 11.2 Å². The summed E-state index contributed by atoms with van der Waals surface area (Å²) in [6.45, 7) is 16.2. The Morgan fingerprint density at radius 1 is 0.889 bits per heavy atom. The quantitative estimate of drug-likeness (QED) is 0.789. The topological polar surface area (TPSA) is 18.5 Å². The van der Waals surface area contributed by atoms with Crippen LogP contribution in [0.2, 0.25) is 0 Å². The first-order valence-electron chi connectivity index (χ1n) is 6.41. The molecular formula is C16H25O2. The van der Waals surface area contributed by atoms with Gasteiger partial charge in [0.25, 0.3) is 0 Å². The van der Waals surface area contributed by atoms with Crippen molar-refractivity contribution in [3.8, 4) is 11.5 Å². The fraction of sp³-hybridized carbons (Fsp3) is 0.562. The second-order valence-electron chi connectivity index (χ2n) is 6.41. The van der Waals surface area contributed by atoms with E-state index in [2.05, 4.69) is 6.92 Å². The minimum absolute atomic E-state index is 0.218. The van der Waals surface area contributed by atoms with Gasteiger partial charge in [0.1, 0.15) is 22.7 Å². The molecule has 0 unspecified atom stereocenters. The van der Waals surface area contributed by atoms with Crippen molar-refractivity contribution >= 4 is 0 Å². The van der Waals surface area contributed by atoms with Crippen LogP contribution in [0.1, 0.15) is 47.1 Å². The average Bonchev–Trinajstić information content (AvgIpc) is 2.12. The fourth-order valence-electron chi connectivity index (χ4n) is 1.64. The molecule has 0 spiro atoms. The molecule has 2 heteroatoms. The minimum atomic E-state index is -0.218. The van der Waals surface area contributed by atoms with Crippen LogP contribution in [0.4, 0.5) is 0 Å². The smallest absolute Gasteiger partial charge is 0.126 e. The molecule has 1 aromatic rings. The fourth-order valence-corrected chi connectivity index (χ4v) is 1.64. The van der Waals surface area contributed by atoms with Gasteiger partial charge < -0.3 is 9.47 Å². The van der Waals surface area contributed by atoms with E-state index in [-0.39, 0.29) is 11.2 Å². The minimum Gasteiger partial charge on any atom is -0.488 e. The molecule has 0 bridgehead atoms. The van der Waals surface area contributed by atoms with Crippen molar-refractivity contribution in [2.24, 2.45) is 0 Å². The monoisotopic (exact) mass is 249 g/mol. The number of hydrogen-bond acceptors (Lipinski definition) is 2. The van der Waals surface area contributed by atoms with Gasteiger partial charge in [-0.05, 0) is 67.0 Å². The van der Waals surface area contributed by atoms with Gasteiger partial charge >= 0.3 is 0 Å². The molecular weight excluding hydrogens is 224 g/mol. The van der Waals surface area contributed by atoms with Crippen molar-refractivity contribution in [1.29, 1.82) is 0 Å². The summed E-state index contributed by atoms with van der Waals surface area (Å²) >= 11 is 0. The largest absolute Gasteiger partial charge is 0.488 e. The zero-order chi connectivity index (χ0) is 14.0. The van der Waals surface area contributed by atoms with Gasteiger partial charge in [-0.15, -0.1) is 0 Å². The lowest BCUT2D eigenvalue weighted by atomic mass is 10.1. The summed E-state index contributed by atoms with van der Waals surface area (Å²) in [7, 11) is 0. The molecule has 0 saturated carbocycles. The zero-order valence-corrected chi connectivity index (χ0v) is 12.5. The van der Waals surface area contributed by atoms with Crippen molar-refractivity contribution in [2.75, 3.05) is 0 Å². The van der Waals surface area contributed by atoms with Crippen LogP contribution in [0.25, 0.3) is 0 Å². The van der Waals surface area contributed by atoms with Crippen LogP contribution in [0.5, 0.6) is 11.5 Å². The molecule has 2 nitrogen and oxygen atoms in total. The SMILES string of the molecule is [CH2]Cc1c(OC(C)(C)C)cccc1OC(C)(C)C. The maximum absolute atomic E-state index is 5.96. The molecule has 0 fully saturated rings. The molecule has 101 valence electrons. The van der Waals surface area contributed by atoms with Crippen LogP contribution in [0, 0.1) is 6.92 Å². The molecule has 0 aliphatic rings. The third-order valence-electron chi connectivity index (χ3n) is 2.17. The Bertz CT molecular complexity index is 360. The van der Waals surface area contributed by atoms with Crippen LogP contribution in [-0.2, 0) is 6.42 Å². The molecule has 18 heavy (non-hydrogen) atoms. The van der Waals surface area contributed by atoms with E-state index in [4.69, 9.17) is 9.47 Å². The molecule has 0 aliphatic heterocycles. The molecule has 0 N–H and O–H groups in total. The van der Waals surface area contributed by atoms with Crippen LogP contribution < -0.4 is 9.47 Å². The maximum atomic E-state index is 5.96. The van der Waals surface area contributed by atoms with E-state index in [0.717, 1.165) is 17.1 Å². The molecule has 1 radical (unpaired) electrons. The van der Waals surface area contributed by atoms with Crippen molar-refractivity contribution in [3.63, 3.8) is 0 Å². The predicted octanol–water partition coefficient (Wildman–Crippen LogP) is 4.42. The highest BCUT2D eigenvalue weighted by atomic mass is 16.5. The zero-order valence-electron chi connectivity index (χ0n) is 12.5. The highest BCUT2D eigenvalue weighted by Gasteiger charge is 2.19. The van der Waals surface area contributed by atoms with Crippen molar-refractivity contribution in [2.45, 2.75) is 59.2 Å². The molecule has 0 aromatic heterocycles. The van der Waals surface area contributed by atoms with E-state index < -0.39 is 0 Å². The Hall–Kier alpha value is -1.18. The van der Waals surface area contributed by atoms with Gasteiger partial charge in [0.2, 0.25) is 0 Å². The first-order chi connectivity index (χ1) is 8.12. The number of ether oxygens (including phenoxy) is 2. The van der Waals surface area contributed by atoms with Gasteiger partial charge in [-0.25, -0.2) is 0 Å². The number of hydrogen-bond donors (Lipinski definition) is 0. The average molecular weight is 249 g/mol. The highest BCUT2D eigenvalue weighted by molar-refractivity contribution is 5.45. The van der Waals surface area contributed by atoms with Crippen molar-refractivity contribution in [1.82, 2.24) is 0 Å². The van der Waals surface area contributed by atoms with E-state index in [1.165, 1.54) is 0 Å². The third kappa shape index (κ3) is 4.59. The van der Waals surface area contributed by atoms with E-state index >= 15 is 0 Å². The standard InChI is InChI=1S/C16H25O2/c1-8-12-13(17-15(2,3)4)10-9-11-14(12)18-16(5,6)7/h9-11H,1,8H2,2-7H3. The van der Waals surface area contributed by atoms with Gasteiger partial charge in [0.15, 0.2) is 0 Å². The van der Waals surface area contributed by atoms with E-state index in [1.807, 2.05) is 59.7 Å². The van der Waals surface area contributed by atoms with Gasteiger partial charge in [0, 0.05) is 5.56 Å². The molecule has 0 heterocycles. The summed E-state index contributed by atoms with van der Waals surface area (Å²) in [6, 6.07) is 5.91. The molecule has 0 aliphatic carbocycles. The van der Waals surface area contributed by atoms with E-state index in [1.54, 1.807) is 0 Å². The lowest BCUT2D eigenvalue weighted by Gasteiger charge is -2.27. The lowest BCUT2D eigenvalue weighted by Crippen LogP contribution is -2.25. The molecule has 0 amide bonds. The second-order valence-corrected chi connectivity index (χ2v) is 6.41. The first kappa shape index (κ1) is 14.9. The number of rotatable bonds is 3. The normalized spacial score (nSPS) is 12.4. The number of benzene rings is 1. The summed E-state index contributed by atoms with van der Waals surface area (Å²) in [6.07, 6.45) is 0.650. The first-order valence-corrected chi connectivity index (χ1v) is 6.41. The summed E-state index contributed by atoms with van der Waals surface area (Å²) in [5, 5.41) is 0. The van der Waals surface area contributed by atoms with Gasteiger partial charge in [0.05, 0.1) is 0 Å². The van der Waals surface area contributed by atoms with Crippen LogP contribution in [0.3, 0.4) is 0 Å². The molecule has 1 rings (SSSR count). The lowest BCUT2D eigenvalue weighted by molar-refractivity contribution is 0.118. The Morgan fingerprint density at radius 3 is 1.56 bits per heavy atom. The molecule has 0 atom stereocenters. The van der Waals surface area contributed by atoms with E-state index in [9.17, 15) is 0 Å². The Balaban J connectivity index is 3.10. The second kappa shape index (κ2) is 5.21. The van der Waals surface area contributed by atoms with Gasteiger partial charge in [-0.2, -0.15) is 0 Å². The molecule has 1 aromatic carbocycles. The summed E-state index contributed by atoms with van der Waals surface area (Å²) < 4.78 is 11.9. The van der Waals surface area contributed by atoms with Crippen molar-refractivity contribution < 1.29 is 9.47 Å². The van der Waals surface area contributed by atoms with E-state index in [0.29, 0.717) is 6.42 Å². The Morgan fingerprint density at radius 2 is 1.28 bits per heavy atom. The highest BCUT2D eigenvalue weighted by Crippen LogP contribution is 2.33. The van der Waals surface area contributed by atoms with Gasteiger partial charge in [-0.3, -0.25) is 0 Å². The predicted molar refractivity (Wildman–Crippen MR) is 76.3 cm³/mol. The molecule has 0 saturated heterocycles. The Kier molecular flexibility index (Phi) is 4.31. The van der Waals surface area contributed by atoms with Gasteiger partial charge in [-0.1, -0.05) is 6.07 Å². The maximum Gasteiger partial charge on any atom is 0.126 e. The Labute approximate surface area is 111 Å². The van der Waals surface area contributed by atoms with Crippen LogP contribution >= 0.6 is 0 Å². The summed E-state index contributed by atoms with van der Waals surface area (Å²) in [5.74, 6) is 1.72. The summed E-state index contributed by atoms with van der Waals surface area (Å²) in [5.41, 5.74) is 0.594. The van der Waals surface area contributed by atoms with Crippen molar-refractivity contribution in [3.05, 3.63) is 30.7 Å². The third-order valence-corrected chi connectivity index (χ3v) is 2.17. The van der Waals surface area contributed by atoms with Crippen LogP contribution in [0.15, 0.2) is 18.2 Å². The summed E-state index contributed by atoms with van der Waals surface area (Å²) in [4.78, 5) is 0.